The van der Waals surface area contributed by atoms with Crippen molar-refractivity contribution in [3.05, 3.63) is 47.3 Å². The molecular weight excluding hydrogens is 370 g/mol. The maximum absolute atomic E-state index is 13.2. The van der Waals surface area contributed by atoms with Gasteiger partial charge in [-0.1, -0.05) is 5.21 Å². The summed E-state index contributed by atoms with van der Waals surface area (Å²) in [6.45, 7) is 7.04. The van der Waals surface area contributed by atoms with E-state index in [0.717, 1.165) is 41.6 Å². The van der Waals surface area contributed by atoms with E-state index >= 15 is 0 Å². The van der Waals surface area contributed by atoms with E-state index in [1.807, 2.05) is 54.6 Å². The molecule has 3 aromatic rings. The number of ether oxygens (including phenoxy) is 1. The number of aryl methyl sites for hydroxylation is 2. The number of rotatable bonds is 5. The van der Waals surface area contributed by atoms with E-state index in [1.165, 1.54) is 0 Å². The van der Waals surface area contributed by atoms with Gasteiger partial charge in [0.2, 0.25) is 0 Å². The highest BCUT2D eigenvalue weighted by Gasteiger charge is 2.33. The summed E-state index contributed by atoms with van der Waals surface area (Å²) in [5.74, 6) is 2.29. The SMILES string of the molecule is COc1ccc(-n2nnc(C(=O)N3CCC[C@H]3Cn3nc(C)nc3C)c2C)cc1. The van der Waals surface area contributed by atoms with E-state index in [9.17, 15) is 4.79 Å². The van der Waals surface area contributed by atoms with Gasteiger partial charge in [-0.3, -0.25) is 4.79 Å². The molecule has 1 amide bonds. The Balaban J connectivity index is 1.55. The quantitative estimate of drug-likeness (QED) is 0.657. The predicted octanol–water partition coefficient (Wildman–Crippen LogP) is 2.10. The van der Waals surface area contributed by atoms with Crippen LogP contribution in [0.4, 0.5) is 0 Å². The molecule has 1 atom stereocenters. The molecule has 1 aliphatic heterocycles. The molecule has 0 aliphatic carbocycles. The molecular formula is C20H25N7O2. The number of carbonyl (C=O) groups excluding carboxylic acids is 1. The van der Waals surface area contributed by atoms with Crippen molar-refractivity contribution in [1.82, 2.24) is 34.7 Å². The minimum Gasteiger partial charge on any atom is -0.497 e. The molecule has 0 radical (unpaired) electrons. The fraction of sp³-hybridized carbons (Fsp3) is 0.450. The van der Waals surface area contributed by atoms with Crippen molar-refractivity contribution in [1.29, 1.82) is 0 Å². The Labute approximate surface area is 169 Å². The minimum absolute atomic E-state index is 0.0767. The first-order chi connectivity index (χ1) is 14.0. The van der Waals surface area contributed by atoms with Crippen molar-refractivity contribution in [2.45, 2.75) is 46.2 Å². The maximum Gasteiger partial charge on any atom is 0.276 e. The van der Waals surface area contributed by atoms with Crippen LogP contribution in [0.25, 0.3) is 5.69 Å². The third-order valence-electron chi connectivity index (χ3n) is 5.40. The van der Waals surface area contributed by atoms with Crippen molar-refractivity contribution in [2.24, 2.45) is 0 Å². The highest BCUT2D eigenvalue weighted by Crippen LogP contribution is 2.23. The van der Waals surface area contributed by atoms with Gasteiger partial charge in [-0.25, -0.2) is 14.3 Å². The van der Waals surface area contributed by atoms with Gasteiger partial charge >= 0.3 is 0 Å². The second-order valence-electron chi connectivity index (χ2n) is 7.32. The van der Waals surface area contributed by atoms with Crippen molar-refractivity contribution < 1.29 is 9.53 Å². The molecule has 0 unspecified atom stereocenters. The molecule has 0 N–H and O–H groups in total. The fourth-order valence-electron chi connectivity index (χ4n) is 3.86. The summed E-state index contributed by atoms with van der Waals surface area (Å²) in [5, 5.41) is 12.9. The van der Waals surface area contributed by atoms with Crippen molar-refractivity contribution in [3.8, 4) is 11.4 Å². The van der Waals surface area contributed by atoms with Gasteiger partial charge < -0.3 is 9.64 Å². The topological polar surface area (TPSA) is 91.0 Å². The monoisotopic (exact) mass is 395 g/mol. The average molecular weight is 395 g/mol. The second kappa shape index (κ2) is 7.65. The number of carbonyl (C=O) groups is 1. The lowest BCUT2D eigenvalue weighted by Gasteiger charge is -2.24. The second-order valence-corrected chi connectivity index (χ2v) is 7.32. The number of hydrogen-bond donors (Lipinski definition) is 0. The lowest BCUT2D eigenvalue weighted by Crippen LogP contribution is -2.39. The standard InChI is InChI=1S/C20H25N7O2/c1-13-19(22-24-27(13)16-7-9-18(29-4)10-8-16)20(28)25-11-5-6-17(25)12-26-15(3)21-14(2)23-26/h7-10,17H,5-6,11-12H2,1-4H3/t17-/m0/s1. The Morgan fingerprint density at radius 2 is 1.97 bits per heavy atom. The smallest absolute Gasteiger partial charge is 0.276 e. The fourth-order valence-corrected chi connectivity index (χ4v) is 3.86. The van der Waals surface area contributed by atoms with Crippen LogP contribution >= 0.6 is 0 Å². The molecule has 1 aromatic carbocycles. The number of likely N-dealkylation sites (tertiary alicyclic amines) is 1. The summed E-state index contributed by atoms with van der Waals surface area (Å²) in [4.78, 5) is 19.5. The highest BCUT2D eigenvalue weighted by molar-refractivity contribution is 5.93. The molecule has 29 heavy (non-hydrogen) atoms. The molecule has 3 heterocycles. The third kappa shape index (κ3) is 3.59. The molecule has 9 heteroatoms. The first kappa shape index (κ1) is 19.1. The molecule has 1 saturated heterocycles. The lowest BCUT2D eigenvalue weighted by molar-refractivity contribution is 0.0714. The van der Waals surface area contributed by atoms with Crippen LogP contribution in [0.1, 0.15) is 40.7 Å². The normalized spacial score (nSPS) is 16.4. The third-order valence-corrected chi connectivity index (χ3v) is 5.40. The van der Waals surface area contributed by atoms with E-state index in [1.54, 1.807) is 11.8 Å². The number of nitrogens with zero attached hydrogens (tertiary/aromatic N) is 7. The average Bonchev–Trinajstić information content (AvgIpc) is 3.41. The first-order valence-electron chi connectivity index (χ1n) is 9.73. The Morgan fingerprint density at radius 1 is 1.21 bits per heavy atom. The summed E-state index contributed by atoms with van der Waals surface area (Å²) >= 11 is 0. The Bertz CT molecular complexity index is 1020. The zero-order valence-electron chi connectivity index (χ0n) is 17.2. The summed E-state index contributed by atoms with van der Waals surface area (Å²) < 4.78 is 8.76. The molecule has 152 valence electrons. The molecule has 0 saturated carbocycles. The van der Waals surface area contributed by atoms with Crippen molar-refractivity contribution in [2.75, 3.05) is 13.7 Å². The molecule has 1 fully saturated rings. The highest BCUT2D eigenvalue weighted by atomic mass is 16.5. The maximum atomic E-state index is 13.2. The lowest BCUT2D eigenvalue weighted by atomic mass is 10.2. The molecule has 9 nitrogen and oxygen atoms in total. The van der Waals surface area contributed by atoms with Gasteiger partial charge in [-0.15, -0.1) is 5.10 Å². The van der Waals surface area contributed by atoms with E-state index in [-0.39, 0.29) is 11.9 Å². The molecule has 2 aromatic heterocycles. The Hall–Kier alpha value is -3.23. The van der Waals surface area contributed by atoms with Gasteiger partial charge in [-0.05, 0) is 57.9 Å². The molecule has 1 aliphatic rings. The van der Waals surface area contributed by atoms with Crippen LogP contribution < -0.4 is 4.74 Å². The number of hydrogen-bond acceptors (Lipinski definition) is 6. The van der Waals surface area contributed by atoms with Gasteiger partial charge in [0, 0.05) is 6.54 Å². The number of aromatic nitrogens is 6. The predicted molar refractivity (Wildman–Crippen MR) is 106 cm³/mol. The van der Waals surface area contributed by atoms with E-state index in [4.69, 9.17) is 4.74 Å². The molecule has 0 spiro atoms. The van der Waals surface area contributed by atoms with E-state index < -0.39 is 0 Å². The van der Waals surface area contributed by atoms with Crippen LogP contribution in [-0.2, 0) is 6.54 Å². The summed E-state index contributed by atoms with van der Waals surface area (Å²) in [5.41, 5.74) is 1.94. The summed E-state index contributed by atoms with van der Waals surface area (Å²) in [6.07, 6.45) is 1.91. The van der Waals surface area contributed by atoms with Crippen LogP contribution in [0.3, 0.4) is 0 Å². The first-order valence-corrected chi connectivity index (χ1v) is 9.73. The number of benzene rings is 1. The van der Waals surface area contributed by atoms with Crippen molar-refractivity contribution in [3.63, 3.8) is 0 Å². The minimum atomic E-state index is -0.0840. The summed E-state index contributed by atoms with van der Waals surface area (Å²) in [7, 11) is 1.63. The number of methoxy groups -OCH3 is 1. The van der Waals surface area contributed by atoms with Crippen LogP contribution in [0.5, 0.6) is 5.75 Å². The summed E-state index contributed by atoms with van der Waals surface area (Å²) in [6, 6.07) is 7.58. The van der Waals surface area contributed by atoms with Crippen LogP contribution in [0, 0.1) is 20.8 Å². The van der Waals surface area contributed by atoms with Crippen molar-refractivity contribution >= 4 is 5.91 Å². The van der Waals surface area contributed by atoms with E-state index in [0.29, 0.717) is 18.8 Å². The molecule has 0 bridgehead atoms. The van der Waals surface area contributed by atoms with Crippen LogP contribution in [0.2, 0.25) is 0 Å². The Kier molecular flexibility index (Phi) is 5.04. The largest absolute Gasteiger partial charge is 0.497 e. The van der Waals surface area contributed by atoms with Gasteiger partial charge in [-0.2, -0.15) is 5.10 Å². The van der Waals surface area contributed by atoms with Gasteiger partial charge in [0.15, 0.2) is 5.69 Å². The van der Waals surface area contributed by atoms with E-state index in [2.05, 4.69) is 20.4 Å². The van der Waals surface area contributed by atoms with Gasteiger partial charge in [0.05, 0.1) is 31.1 Å². The number of amides is 1. The van der Waals surface area contributed by atoms with Gasteiger partial charge in [0.25, 0.3) is 5.91 Å². The van der Waals surface area contributed by atoms with Crippen LogP contribution in [0.15, 0.2) is 24.3 Å². The zero-order chi connectivity index (χ0) is 20.5. The zero-order valence-corrected chi connectivity index (χ0v) is 17.2. The molecule has 4 rings (SSSR count). The Morgan fingerprint density at radius 3 is 2.62 bits per heavy atom. The van der Waals surface area contributed by atoms with Gasteiger partial charge in [0.1, 0.15) is 17.4 Å². The van der Waals surface area contributed by atoms with Crippen LogP contribution in [-0.4, -0.2) is 60.3 Å².